The van der Waals surface area contributed by atoms with E-state index >= 15 is 0 Å². The van der Waals surface area contributed by atoms with Crippen molar-refractivity contribution in [2.75, 3.05) is 26.2 Å². The first-order chi connectivity index (χ1) is 8.81. The summed E-state index contributed by atoms with van der Waals surface area (Å²) in [5.41, 5.74) is 0. The molecule has 3 aliphatic rings. The van der Waals surface area contributed by atoms with Crippen molar-refractivity contribution in [3.63, 3.8) is 0 Å². The fourth-order valence-electron chi connectivity index (χ4n) is 3.29. The standard InChI is InChI=1S/C14H25N3O/c18-14(8-12-2-1-6-15-12)16-9-11-5-7-17(10-11)13-3-4-13/h11-13,15H,1-10H2,(H,16,18). The predicted molar refractivity (Wildman–Crippen MR) is 71.4 cm³/mol. The lowest BCUT2D eigenvalue weighted by molar-refractivity contribution is -0.121. The summed E-state index contributed by atoms with van der Waals surface area (Å²) < 4.78 is 0. The molecule has 0 aromatic carbocycles. The van der Waals surface area contributed by atoms with Crippen LogP contribution in [0.1, 0.15) is 38.5 Å². The highest BCUT2D eigenvalue weighted by atomic mass is 16.1. The third-order valence-electron chi connectivity index (χ3n) is 4.56. The maximum absolute atomic E-state index is 11.8. The molecule has 102 valence electrons. The molecule has 0 aromatic rings. The first-order valence-electron chi connectivity index (χ1n) is 7.55. The Morgan fingerprint density at radius 3 is 2.89 bits per heavy atom. The Morgan fingerprint density at radius 2 is 2.17 bits per heavy atom. The van der Waals surface area contributed by atoms with Crippen molar-refractivity contribution in [1.29, 1.82) is 0 Å². The van der Waals surface area contributed by atoms with Gasteiger partial charge in [0.15, 0.2) is 0 Å². The second-order valence-electron chi connectivity index (χ2n) is 6.18. The highest BCUT2D eigenvalue weighted by Gasteiger charge is 2.34. The van der Waals surface area contributed by atoms with Crippen LogP contribution in [0.25, 0.3) is 0 Å². The summed E-state index contributed by atoms with van der Waals surface area (Å²) in [6, 6.07) is 1.31. The Kier molecular flexibility index (Phi) is 3.85. The Balaban J connectivity index is 1.32. The van der Waals surface area contributed by atoms with Gasteiger partial charge in [-0.3, -0.25) is 4.79 Å². The number of amides is 1. The Bertz CT molecular complexity index is 297. The van der Waals surface area contributed by atoms with E-state index in [1.54, 1.807) is 0 Å². The van der Waals surface area contributed by atoms with E-state index in [1.807, 2.05) is 0 Å². The largest absolute Gasteiger partial charge is 0.356 e. The summed E-state index contributed by atoms with van der Waals surface area (Å²) >= 11 is 0. The average molecular weight is 251 g/mol. The fraction of sp³-hybridized carbons (Fsp3) is 0.929. The first-order valence-corrected chi connectivity index (χ1v) is 7.55. The van der Waals surface area contributed by atoms with Crippen LogP contribution in [-0.4, -0.2) is 49.1 Å². The van der Waals surface area contributed by atoms with Crippen molar-refractivity contribution in [2.24, 2.45) is 5.92 Å². The van der Waals surface area contributed by atoms with E-state index < -0.39 is 0 Å². The minimum absolute atomic E-state index is 0.235. The molecule has 2 saturated heterocycles. The highest BCUT2D eigenvalue weighted by molar-refractivity contribution is 5.76. The second-order valence-corrected chi connectivity index (χ2v) is 6.18. The number of carbonyl (C=O) groups excluding carboxylic acids is 1. The van der Waals surface area contributed by atoms with Gasteiger partial charge in [-0.15, -0.1) is 0 Å². The van der Waals surface area contributed by atoms with Crippen LogP contribution in [0.5, 0.6) is 0 Å². The number of likely N-dealkylation sites (tertiary alicyclic amines) is 1. The minimum Gasteiger partial charge on any atom is -0.356 e. The summed E-state index contributed by atoms with van der Waals surface area (Å²) in [6.45, 7) is 4.41. The van der Waals surface area contributed by atoms with Gasteiger partial charge in [0.05, 0.1) is 0 Å². The minimum atomic E-state index is 0.235. The van der Waals surface area contributed by atoms with Crippen LogP contribution in [0.2, 0.25) is 0 Å². The molecule has 18 heavy (non-hydrogen) atoms. The summed E-state index contributed by atoms with van der Waals surface area (Å²) in [6.07, 6.45) is 7.10. The lowest BCUT2D eigenvalue weighted by Gasteiger charge is -2.16. The molecule has 1 saturated carbocycles. The molecule has 2 atom stereocenters. The van der Waals surface area contributed by atoms with Crippen LogP contribution >= 0.6 is 0 Å². The smallest absolute Gasteiger partial charge is 0.221 e. The molecule has 1 aliphatic carbocycles. The van der Waals surface area contributed by atoms with E-state index in [9.17, 15) is 4.79 Å². The molecule has 2 aliphatic heterocycles. The molecule has 2 heterocycles. The Hall–Kier alpha value is -0.610. The van der Waals surface area contributed by atoms with Crippen LogP contribution < -0.4 is 10.6 Å². The molecule has 1 amide bonds. The molecule has 2 unspecified atom stereocenters. The molecule has 0 spiro atoms. The molecule has 3 fully saturated rings. The van der Waals surface area contributed by atoms with Crippen LogP contribution in [-0.2, 0) is 4.79 Å². The van der Waals surface area contributed by atoms with Crippen molar-refractivity contribution >= 4 is 5.91 Å². The van der Waals surface area contributed by atoms with Crippen molar-refractivity contribution < 1.29 is 4.79 Å². The van der Waals surface area contributed by atoms with Gasteiger partial charge in [-0.2, -0.15) is 0 Å². The van der Waals surface area contributed by atoms with E-state index in [0.29, 0.717) is 18.4 Å². The van der Waals surface area contributed by atoms with E-state index in [4.69, 9.17) is 0 Å². The fourth-order valence-corrected chi connectivity index (χ4v) is 3.29. The van der Waals surface area contributed by atoms with Gasteiger partial charge in [0.1, 0.15) is 0 Å². The number of nitrogens with zero attached hydrogens (tertiary/aromatic N) is 1. The van der Waals surface area contributed by atoms with E-state index in [2.05, 4.69) is 15.5 Å². The molecule has 0 aromatic heterocycles. The van der Waals surface area contributed by atoms with E-state index in [0.717, 1.165) is 25.6 Å². The van der Waals surface area contributed by atoms with Gasteiger partial charge in [0, 0.05) is 31.6 Å². The number of rotatable bonds is 5. The van der Waals surface area contributed by atoms with E-state index in [1.165, 1.54) is 38.8 Å². The predicted octanol–water partition coefficient (Wildman–Crippen LogP) is 0.729. The number of hydrogen-bond acceptors (Lipinski definition) is 3. The van der Waals surface area contributed by atoms with Crippen LogP contribution in [0.4, 0.5) is 0 Å². The Labute approximate surface area is 109 Å². The van der Waals surface area contributed by atoms with Gasteiger partial charge in [0.2, 0.25) is 5.91 Å². The normalized spacial score (nSPS) is 32.9. The average Bonchev–Trinajstić information content (AvgIpc) is 2.90. The third kappa shape index (κ3) is 3.23. The maximum atomic E-state index is 11.8. The van der Waals surface area contributed by atoms with Crippen LogP contribution in [0.3, 0.4) is 0 Å². The van der Waals surface area contributed by atoms with Crippen molar-refractivity contribution in [2.45, 2.75) is 50.6 Å². The topological polar surface area (TPSA) is 44.4 Å². The molecule has 2 N–H and O–H groups in total. The molecule has 4 heteroatoms. The third-order valence-corrected chi connectivity index (χ3v) is 4.56. The van der Waals surface area contributed by atoms with Gasteiger partial charge >= 0.3 is 0 Å². The Morgan fingerprint density at radius 1 is 1.28 bits per heavy atom. The molecular weight excluding hydrogens is 226 g/mol. The number of nitrogens with one attached hydrogen (secondary N) is 2. The van der Waals surface area contributed by atoms with E-state index in [-0.39, 0.29) is 5.91 Å². The van der Waals surface area contributed by atoms with Crippen LogP contribution in [0.15, 0.2) is 0 Å². The zero-order chi connectivity index (χ0) is 12.4. The zero-order valence-electron chi connectivity index (χ0n) is 11.2. The van der Waals surface area contributed by atoms with Crippen molar-refractivity contribution in [3.05, 3.63) is 0 Å². The van der Waals surface area contributed by atoms with Crippen LogP contribution in [0, 0.1) is 5.92 Å². The SMILES string of the molecule is O=C(CC1CCCN1)NCC1CCN(C2CC2)C1. The summed E-state index contributed by atoms with van der Waals surface area (Å²) in [5, 5.41) is 6.50. The van der Waals surface area contributed by atoms with Gasteiger partial charge < -0.3 is 15.5 Å². The lowest BCUT2D eigenvalue weighted by Crippen LogP contribution is -2.35. The van der Waals surface area contributed by atoms with Crippen molar-refractivity contribution in [1.82, 2.24) is 15.5 Å². The zero-order valence-corrected chi connectivity index (χ0v) is 11.2. The maximum Gasteiger partial charge on any atom is 0.221 e. The lowest BCUT2D eigenvalue weighted by atomic mass is 10.1. The van der Waals surface area contributed by atoms with Gasteiger partial charge in [-0.25, -0.2) is 0 Å². The second kappa shape index (κ2) is 5.57. The monoisotopic (exact) mass is 251 g/mol. The number of carbonyl (C=O) groups is 1. The molecule has 0 bridgehead atoms. The molecular formula is C14H25N3O. The molecule has 3 rings (SSSR count). The van der Waals surface area contributed by atoms with Crippen molar-refractivity contribution in [3.8, 4) is 0 Å². The summed E-state index contributed by atoms with van der Waals surface area (Å²) in [5.74, 6) is 0.922. The molecule has 0 radical (unpaired) electrons. The van der Waals surface area contributed by atoms with Gasteiger partial charge in [-0.05, 0) is 51.1 Å². The highest BCUT2D eigenvalue weighted by Crippen LogP contribution is 2.31. The number of hydrogen-bond donors (Lipinski definition) is 2. The first kappa shape index (κ1) is 12.4. The quantitative estimate of drug-likeness (QED) is 0.757. The van der Waals surface area contributed by atoms with Gasteiger partial charge in [0.25, 0.3) is 0 Å². The van der Waals surface area contributed by atoms with Gasteiger partial charge in [-0.1, -0.05) is 0 Å². The molecule has 4 nitrogen and oxygen atoms in total. The summed E-state index contributed by atoms with van der Waals surface area (Å²) in [4.78, 5) is 14.4. The summed E-state index contributed by atoms with van der Waals surface area (Å²) in [7, 11) is 0.